The van der Waals surface area contributed by atoms with Gasteiger partial charge in [-0.3, -0.25) is 4.79 Å². The van der Waals surface area contributed by atoms with Crippen LogP contribution in [-0.4, -0.2) is 15.9 Å². The lowest BCUT2D eigenvalue weighted by Crippen LogP contribution is -2.12. The summed E-state index contributed by atoms with van der Waals surface area (Å²) in [4.78, 5) is 15.7. The highest BCUT2D eigenvalue weighted by Gasteiger charge is 2.25. The van der Waals surface area contributed by atoms with E-state index in [1.165, 1.54) is 5.56 Å². The van der Waals surface area contributed by atoms with E-state index in [4.69, 9.17) is 4.52 Å². The van der Waals surface area contributed by atoms with Crippen LogP contribution < -0.4 is 0 Å². The third kappa shape index (κ3) is 2.57. The number of carbonyl (C=O) groups is 1. The normalized spacial score (nSPS) is 16.8. The van der Waals surface area contributed by atoms with Gasteiger partial charge < -0.3 is 4.52 Å². The van der Waals surface area contributed by atoms with E-state index in [1.54, 1.807) is 0 Å². The van der Waals surface area contributed by atoms with Crippen molar-refractivity contribution in [1.29, 1.82) is 0 Å². The number of rotatable bonds is 2. The molecule has 4 nitrogen and oxygen atoms in total. The molecule has 1 heterocycles. The summed E-state index contributed by atoms with van der Waals surface area (Å²) in [6.45, 7) is 2.05. The molecule has 1 aromatic carbocycles. The Hall–Kier alpha value is -1.97. The van der Waals surface area contributed by atoms with Gasteiger partial charge in [-0.05, 0) is 19.8 Å². The Balaban J connectivity index is 1.79. The molecule has 1 aliphatic rings. The van der Waals surface area contributed by atoms with Crippen molar-refractivity contribution >= 4 is 5.78 Å². The lowest BCUT2D eigenvalue weighted by Gasteiger charge is -2.16. The number of hydrogen-bond acceptors (Lipinski definition) is 4. The molecule has 2 aromatic rings. The summed E-state index contributed by atoms with van der Waals surface area (Å²) in [5.74, 6) is 1.88. The fourth-order valence-corrected chi connectivity index (χ4v) is 2.41. The van der Waals surface area contributed by atoms with Crippen LogP contribution in [0.15, 0.2) is 28.8 Å². The Morgan fingerprint density at radius 2 is 1.84 bits per heavy atom. The molecule has 0 radical (unpaired) electrons. The standard InChI is InChI=1S/C15H16N2O2/c1-10-2-4-11(5-3-10)14-16-15(19-17-14)12-6-8-13(18)9-7-12/h2-5,12H,6-9H2,1H3. The summed E-state index contributed by atoms with van der Waals surface area (Å²) in [6.07, 6.45) is 2.92. The Labute approximate surface area is 111 Å². The number of Topliss-reactive ketones (excluding diaryl/α,β-unsaturated/α-hetero) is 1. The van der Waals surface area contributed by atoms with E-state index in [-0.39, 0.29) is 5.92 Å². The third-order valence-corrected chi connectivity index (χ3v) is 3.64. The zero-order valence-corrected chi connectivity index (χ0v) is 10.9. The predicted octanol–water partition coefficient (Wildman–Crippen LogP) is 3.27. The molecule has 1 aliphatic carbocycles. The molecule has 1 aromatic heterocycles. The largest absolute Gasteiger partial charge is 0.339 e. The Morgan fingerprint density at radius 1 is 1.16 bits per heavy atom. The third-order valence-electron chi connectivity index (χ3n) is 3.64. The minimum absolute atomic E-state index is 0.240. The highest BCUT2D eigenvalue weighted by atomic mass is 16.5. The highest BCUT2D eigenvalue weighted by molar-refractivity contribution is 5.79. The van der Waals surface area contributed by atoms with Crippen molar-refractivity contribution in [3.05, 3.63) is 35.7 Å². The van der Waals surface area contributed by atoms with Gasteiger partial charge >= 0.3 is 0 Å². The molecule has 0 bridgehead atoms. The first-order valence-corrected chi connectivity index (χ1v) is 6.65. The first-order valence-electron chi connectivity index (χ1n) is 6.65. The van der Waals surface area contributed by atoms with E-state index in [2.05, 4.69) is 10.1 Å². The van der Waals surface area contributed by atoms with Crippen molar-refractivity contribution in [3.8, 4) is 11.4 Å². The first kappa shape index (κ1) is 12.1. The summed E-state index contributed by atoms with van der Waals surface area (Å²) in [5, 5.41) is 4.04. The molecule has 98 valence electrons. The maximum Gasteiger partial charge on any atom is 0.230 e. The van der Waals surface area contributed by atoms with Gasteiger partial charge in [-0.1, -0.05) is 35.0 Å². The van der Waals surface area contributed by atoms with Crippen LogP contribution in [0.1, 0.15) is 43.1 Å². The molecule has 0 atom stereocenters. The van der Waals surface area contributed by atoms with Gasteiger partial charge in [-0.2, -0.15) is 4.98 Å². The smallest absolute Gasteiger partial charge is 0.230 e. The number of benzene rings is 1. The SMILES string of the molecule is Cc1ccc(-c2noc(C3CCC(=O)CC3)n2)cc1. The topological polar surface area (TPSA) is 56.0 Å². The summed E-state index contributed by atoms with van der Waals surface area (Å²) < 4.78 is 5.35. The Kier molecular flexibility index (Phi) is 3.15. The van der Waals surface area contributed by atoms with Gasteiger partial charge in [0.25, 0.3) is 0 Å². The second-order valence-corrected chi connectivity index (χ2v) is 5.14. The van der Waals surface area contributed by atoms with Crippen molar-refractivity contribution < 1.29 is 9.32 Å². The number of aryl methyl sites for hydroxylation is 1. The van der Waals surface area contributed by atoms with Crippen LogP contribution in [0, 0.1) is 6.92 Å². The minimum Gasteiger partial charge on any atom is -0.339 e. The molecule has 19 heavy (non-hydrogen) atoms. The van der Waals surface area contributed by atoms with Crippen LogP contribution in [0.2, 0.25) is 0 Å². The van der Waals surface area contributed by atoms with Gasteiger partial charge in [0, 0.05) is 24.3 Å². The summed E-state index contributed by atoms with van der Waals surface area (Å²) in [6, 6.07) is 8.05. The number of ketones is 1. The van der Waals surface area contributed by atoms with Gasteiger partial charge in [0.2, 0.25) is 11.7 Å². The van der Waals surface area contributed by atoms with Gasteiger partial charge in [0.1, 0.15) is 5.78 Å². The fourth-order valence-electron chi connectivity index (χ4n) is 2.41. The average Bonchev–Trinajstić information content (AvgIpc) is 2.90. The van der Waals surface area contributed by atoms with Crippen molar-refractivity contribution in [2.24, 2.45) is 0 Å². The second-order valence-electron chi connectivity index (χ2n) is 5.14. The zero-order chi connectivity index (χ0) is 13.2. The molecule has 1 saturated carbocycles. The molecule has 0 unspecified atom stereocenters. The average molecular weight is 256 g/mol. The number of carbonyl (C=O) groups excluding carboxylic acids is 1. The Bertz CT molecular complexity index is 576. The second kappa shape index (κ2) is 4.96. The van der Waals surface area contributed by atoms with E-state index in [0.717, 1.165) is 18.4 Å². The van der Waals surface area contributed by atoms with Crippen LogP contribution in [0.3, 0.4) is 0 Å². The zero-order valence-electron chi connectivity index (χ0n) is 10.9. The van der Waals surface area contributed by atoms with Gasteiger partial charge in [-0.25, -0.2) is 0 Å². The van der Waals surface area contributed by atoms with Crippen LogP contribution in [-0.2, 0) is 4.79 Å². The molecule has 0 spiro atoms. The van der Waals surface area contributed by atoms with Crippen LogP contribution in [0.4, 0.5) is 0 Å². The van der Waals surface area contributed by atoms with Crippen molar-refractivity contribution in [2.75, 3.05) is 0 Å². The van der Waals surface area contributed by atoms with Crippen LogP contribution >= 0.6 is 0 Å². The van der Waals surface area contributed by atoms with Gasteiger partial charge in [-0.15, -0.1) is 0 Å². The maximum atomic E-state index is 11.2. The molecule has 4 heteroatoms. The van der Waals surface area contributed by atoms with E-state index in [9.17, 15) is 4.79 Å². The predicted molar refractivity (Wildman–Crippen MR) is 70.7 cm³/mol. The van der Waals surface area contributed by atoms with Crippen molar-refractivity contribution in [1.82, 2.24) is 10.1 Å². The first-order chi connectivity index (χ1) is 9.22. The molecular weight excluding hydrogens is 240 g/mol. The Morgan fingerprint density at radius 3 is 2.53 bits per heavy atom. The molecule has 0 N–H and O–H groups in total. The highest BCUT2D eigenvalue weighted by Crippen LogP contribution is 2.31. The van der Waals surface area contributed by atoms with Crippen LogP contribution in [0.25, 0.3) is 11.4 Å². The number of hydrogen-bond donors (Lipinski definition) is 0. The molecule has 1 fully saturated rings. The van der Waals surface area contributed by atoms with E-state index in [0.29, 0.717) is 30.3 Å². The number of nitrogens with zero attached hydrogens (tertiary/aromatic N) is 2. The molecule has 0 amide bonds. The fraction of sp³-hybridized carbons (Fsp3) is 0.400. The molecule has 3 rings (SSSR count). The van der Waals surface area contributed by atoms with Crippen molar-refractivity contribution in [3.63, 3.8) is 0 Å². The molecule has 0 aliphatic heterocycles. The monoisotopic (exact) mass is 256 g/mol. The lowest BCUT2D eigenvalue weighted by molar-refractivity contribution is -0.120. The molecular formula is C15H16N2O2. The van der Waals surface area contributed by atoms with Crippen LogP contribution in [0.5, 0.6) is 0 Å². The summed E-state index contributed by atoms with van der Waals surface area (Å²) in [7, 11) is 0. The summed E-state index contributed by atoms with van der Waals surface area (Å²) >= 11 is 0. The molecule has 0 saturated heterocycles. The van der Waals surface area contributed by atoms with Gasteiger partial charge in [0.15, 0.2) is 0 Å². The van der Waals surface area contributed by atoms with E-state index >= 15 is 0 Å². The summed E-state index contributed by atoms with van der Waals surface area (Å²) in [5.41, 5.74) is 2.17. The van der Waals surface area contributed by atoms with Crippen molar-refractivity contribution in [2.45, 2.75) is 38.5 Å². The minimum atomic E-state index is 0.240. The van der Waals surface area contributed by atoms with Gasteiger partial charge in [0.05, 0.1) is 0 Å². The lowest BCUT2D eigenvalue weighted by atomic mass is 9.88. The quantitative estimate of drug-likeness (QED) is 0.827. The van der Waals surface area contributed by atoms with E-state index < -0.39 is 0 Å². The van der Waals surface area contributed by atoms with E-state index in [1.807, 2.05) is 31.2 Å². The number of aromatic nitrogens is 2. The maximum absolute atomic E-state index is 11.2.